The van der Waals surface area contributed by atoms with Crippen LogP contribution >= 0.6 is 0 Å². The highest BCUT2D eigenvalue weighted by atomic mass is 16.5. The lowest BCUT2D eigenvalue weighted by Gasteiger charge is -2.28. The Morgan fingerprint density at radius 3 is 1.93 bits per heavy atom. The zero-order valence-corrected chi connectivity index (χ0v) is 18.3. The molecule has 0 spiro atoms. The summed E-state index contributed by atoms with van der Waals surface area (Å²) in [6.07, 6.45) is 11.9. The number of unbranched alkanes of at least 4 members (excludes halogenated alkanes) is 1. The fraction of sp³-hybridized carbons (Fsp3) is 0.500. The molecule has 0 bridgehead atoms. The van der Waals surface area contributed by atoms with Crippen LogP contribution in [0.5, 0.6) is 5.75 Å². The van der Waals surface area contributed by atoms with Gasteiger partial charge in [0, 0.05) is 11.1 Å². The predicted molar refractivity (Wildman–Crippen MR) is 123 cm³/mol. The Labute approximate surface area is 177 Å². The van der Waals surface area contributed by atoms with E-state index in [4.69, 9.17) is 4.74 Å². The predicted octanol–water partition coefficient (Wildman–Crippen LogP) is 7.41. The topological polar surface area (TPSA) is 9.23 Å². The van der Waals surface area contributed by atoms with Gasteiger partial charge in [0.05, 0.1) is 6.61 Å². The maximum Gasteiger partial charge on any atom is 0.119 e. The molecule has 2 aromatic carbocycles. The molecule has 1 saturated carbocycles. The summed E-state index contributed by atoms with van der Waals surface area (Å²) in [4.78, 5) is 0. The highest BCUT2D eigenvalue weighted by Crippen LogP contribution is 2.32. The van der Waals surface area contributed by atoms with Gasteiger partial charge in [-0.15, -0.1) is 0 Å². The first kappa shape index (κ1) is 21.5. The van der Waals surface area contributed by atoms with Crippen molar-refractivity contribution in [3.63, 3.8) is 0 Å². The third-order valence-corrected chi connectivity index (χ3v) is 6.12. The van der Waals surface area contributed by atoms with E-state index >= 15 is 0 Å². The van der Waals surface area contributed by atoms with Crippen LogP contribution in [-0.2, 0) is 6.42 Å². The average Bonchev–Trinajstić information content (AvgIpc) is 2.77. The molecule has 1 aliphatic carbocycles. The van der Waals surface area contributed by atoms with Crippen molar-refractivity contribution in [2.24, 2.45) is 11.8 Å². The first-order valence-corrected chi connectivity index (χ1v) is 11.6. The van der Waals surface area contributed by atoms with E-state index in [2.05, 4.69) is 74.2 Å². The number of ether oxygens (including phenoxy) is 1. The van der Waals surface area contributed by atoms with Gasteiger partial charge in [-0.25, -0.2) is 0 Å². The second-order valence-corrected chi connectivity index (χ2v) is 8.56. The van der Waals surface area contributed by atoms with Crippen LogP contribution in [0.25, 0.3) is 0 Å². The van der Waals surface area contributed by atoms with Gasteiger partial charge in [-0.3, -0.25) is 0 Å². The van der Waals surface area contributed by atoms with E-state index < -0.39 is 0 Å². The molecule has 0 radical (unpaired) electrons. The third-order valence-electron chi connectivity index (χ3n) is 6.12. The number of rotatable bonds is 8. The zero-order valence-electron chi connectivity index (χ0n) is 18.3. The molecule has 3 rings (SSSR count). The Kier molecular flexibility index (Phi) is 8.69. The fourth-order valence-corrected chi connectivity index (χ4v) is 4.22. The molecular formula is C28H36O. The lowest BCUT2D eigenvalue weighted by Crippen LogP contribution is -2.20. The van der Waals surface area contributed by atoms with Crippen LogP contribution in [0, 0.1) is 23.7 Å². The molecule has 0 heterocycles. The Hall–Kier alpha value is -2.20. The lowest BCUT2D eigenvalue weighted by molar-refractivity contribution is 0.178. The van der Waals surface area contributed by atoms with Gasteiger partial charge in [0.25, 0.3) is 0 Å². The monoisotopic (exact) mass is 388 g/mol. The molecule has 0 aromatic heterocycles. The molecule has 0 N–H and O–H groups in total. The quantitative estimate of drug-likeness (QED) is 0.428. The van der Waals surface area contributed by atoms with E-state index in [0.29, 0.717) is 0 Å². The molecule has 1 nitrogen and oxygen atoms in total. The number of benzene rings is 2. The van der Waals surface area contributed by atoms with Gasteiger partial charge in [-0.2, -0.15) is 0 Å². The summed E-state index contributed by atoms with van der Waals surface area (Å²) in [5.74, 6) is 9.18. The normalized spacial score (nSPS) is 18.7. The lowest BCUT2D eigenvalue weighted by atomic mass is 9.80. The van der Waals surface area contributed by atoms with Crippen LogP contribution in [-0.4, -0.2) is 6.61 Å². The molecule has 0 unspecified atom stereocenters. The molecule has 1 aliphatic rings. The van der Waals surface area contributed by atoms with Gasteiger partial charge in [0.1, 0.15) is 5.75 Å². The number of hydrogen-bond donors (Lipinski definition) is 0. The summed E-state index contributed by atoms with van der Waals surface area (Å²) in [6, 6.07) is 16.8. The summed E-state index contributed by atoms with van der Waals surface area (Å²) in [7, 11) is 0. The highest BCUT2D eigenvalue weighted by molar-refractivity contribution is 5.44. The van der Waals surface area contributed by atoms with Crippen LogP contribution in [0.15, 0.2) is 48.5 Å². The van der Waals surface area contributed by atoms with Crippen molar-refractivity contribution in [3.05, 3.63) is 65.2 Å². The Balaban J connectivity index is 1.44. The van der Waals surface area contributed by atoms with Crippen molar-refractivity contribution in [2.75, 3.05) is 6.61 Å². The van der Waals surface area contributed by atoms with Crippen LogP contribution < -0.4 is 4.74 Å². The first-order chi connectivity index (χ1) is 14.3. The standard InChI is InChI=1S/C28H36O/c1-3-5-7-24-14-16-27(17-15-24)22-29-28-20-18-26(19-21-28)13-12-25-10-8-23(6-4-2)9-11-25/h8-11,18-21,24,27H,3-7,14-17,22H2,1-2H3/t24-,27-. The molecular weight excluding hydrogens is 352 g/mol. The first-order valence-electron chi connectivity index (χ1n) is 11.6. The van der Waals surface area contributed by atoms with Gasteiger partial charge < -0.3 is 4.74 Å². The molecule has 0 atom stereocenters. The number of aryl methyl sites for hydroxylation is 1. The summed E-state index contributed by atoms with van der Waals surface area (Å²) in [6.45, 7) is 5.36. The summed E-state index contributed by atoms with van der Waals surface area (Å²) in [5, 5.41) is 0. The van der Waals surface area contributed by atoms with Crippen molar-refractivity contribution in [1.29, 1.82) is 0 Å². The van der Waals surface area contributed by atoms with E-state index in [1.807, 2.05) is 0 Å². The van der Waals surface area contributed by atoms with E-state index in [1.54, 1.807) is 0 Å². The van der Waals surface area contributed by atoms with Crippen LogP contribution in [0.2, 0.25) is 0 Å². The van der Waals surface area contributed by atoms with Crippen molar-refractivity contribution >= 4 is 0 Å². The van der Waals surface area contributed by atoms with E-state index in [1.165, 1.54) is 56.9 Å². The summed E-state index contributed by atoms with van der Waals surface area (Å²) >= 11 is 0. The second-order valence-electron chi connectivity index (χ2n) is 8.56. The van der Waals surface area contributed by atoms with Crippen LogP contribution in [0.1, 0.15) is 81.9 Å². The van der Waals surface area contributed by atoms with Gasteiger partial charge in [0.2, 0.25) is 0 Å². The minimum Gasteiger partial charge on any atom is -0.493 e. The Morgan fingerprint density at radius 2 is 1.34 bits per heavy atom. The van der Waals surface area contributed by atoms with Crippen LogP contribution in [0.3, 0.4) is 0 Å². The molecule has 2 aromatic rings. The van der Waals surface area contributed by atoms with E-state index in [0.717, 1.165) is 41.7 Å². The maximum absolute atomic E-state index is 6.07. The largest absolute Gasteiger partial charge is 0.493 e. The second kappa shape index (κ2) is 11.7. The van der Waals surface area contributed by atoms with Crippen molar-refractivity contribution in [3.8, 4) is 17.6 Å². The summed E-state index contributed by atoms with van der Waals surface area (Å²) in [5.41, 5.74) is 3.49. The van der Waals surface area contributed by atoms with Crippen LogP contribution in [0.4, 0.5) is 0 Å². The van der Waals surface area contributed by atoms with Crippen molar-refractivity contribution in [2.45, 2.75) is 71.6 Å². The maximum atomic E-state index is 6.07. The smallest absolute Gasteiger partial charge is 0.119 e. The molecule has 0 saturated heterocycles. The van der Waals surface area contributed by atoms with E-state index in [-0.39, 0.29) is 0 Å². The van der Waals surface area contributed by atoms with Gasteiger partial charge in [-0.05, 0) is 73.1 Å². The average molecular weight is 389 g/mol. The van der Waals surface area contributed by atoms with Gasteiger partial charge in [0.15, 0.2) is 0 Å². The molecule has 0 amide bonds. The highest BCUT2D eigenvalue weighted by Gasteiger charge is 2.21. The minimum absolute atomic E-state index is 0.725. The summed E-state index contributed by atoms with van der Waals surface area (Å²) < 4.78 is 6.07. The zero-order chi connectivity index (χ0) is 20.3. The Morgan fingerprint density at radius 1 is 0.759 bits per heavy atom. The van der Waals surface area contributed by atoms with E-state index in [9.17, 15) is 0 Å². The van der Waals surface area contributed by atoms with Gasteiger partial charge >= 0.3 is 0 Å². The Bertz CT molecular complexity index is 768. The van der Waals surface area contributed by atoms with Crippen molar-refractivity contribution in [1.82, 2.24) is 0 Å². The number of hydrogen-bond acceptors (Lipinski definition) is 1. The minimum atomic E-state index is 0.725. The van der Waals surface area contributed by atoms with Crippen molar-refractivity contribution < 1.29 is 4.74 Å². The molecule has 154 valence electrons. The van der Waals surface area contributed by atoms with Gasteiger partial charge in [-0.1, -0.05) is 76.3 Å². The fourth-order valence-electron chi connectivity index (χ4n) is 4.22. The molecule has 1 fully saturated rings. The SMILES string of the molecule is CCCC[C@H]1CC[C@H](COc2ccc(C#Cc3ccc(CCC)cc3)cc2)CC1. The molecule has 29 heavy (non-hydrogen) atoms. The molecule has 1 heteroatoms. The molecule has 0 aliphatic heterocycles. The third kappa shape index (κ3) is 7.28.